The maximum absolute atomic E-state index is 13.0. The largest absolute Gasteiger partial charge is 0.477 e. The molecule has 0 bridgehead atoms. The minimum Gasteiger partial charge on any atom is -0.477 e. The van der Waals surface area contributed by atoms with Crippen LogP contribution in [-0.2, 0) is 28.7 Å². The van der Waals surface area contributed by atoms with E-state index in [0.29, 0.717) is 5.56 Å². The van der Waals surface area contributed by atoms with E-state index in [1.165, 1.54) is 25.8 Å². The van der Waals surface area contributed by atoms with Gasteiger partial charge in [0.1, 0.15) is 23.7 Å². The summed E-state index contributed by atoms with van der Waals surface area (Å²) in [5, 5.41) is 11.4. The molecule has 11 heteroatoms. The van der Waals surface area contributed by atoms with Crippen LogP contribution in [-0.4, -0.2) is 64.3 Å². The highest BCUT2D eigenvalue weighted by molar-refractivity contribution is 8.00. The number of esters is 1. The second-order valence-electron chi connectivity index (χ2n) is 6.69. The first-order valence-electron chi connectivity index (χ1n) is 8.94. The third-order valence-electron chi connectivity index (χ3n) is 4.83. The molecule has 2 aliphatic rings. The molecule has 10 nitrogen and oxygen atoms in total. The van der Waals surface area contributed by atoms with E-state index in [-0.39, 0.29) is 23.6 Å². The summed E-state index contributed by atoms with van der Waals surface area (Å²) in [6.45, 7) is 0.960. The predicted molar refractivity (Wildman–Crippen MR) is 106 cm³/mol. The number of methoxy groups -OCH3 is 1. The second-order valence-corrected chi connectivity index (χ2v) is 7.76. The van der Waals surface area contributed by atoms with Gasteiger partial charge in [-0.1, -0.05) is 30.3 Å². The molecule has 1 aromatic carbocycles. The maximum Gasteiger partial charge on any atom is 0.352 e. The molecule has 1 saturated heterocycles. The SMILES string of the molecule is CO[C@@]1(NC(=O)C(N)c2ccccc2)C(=O)N2C(C(=O)O)=C(COC(C)=O)CS[C@H]21. The number of aliphatic carboxylic acids is 1. The smallest absolute Gasteiger partial charge is 0.352 e. The van der Waals surface area contributed by atoms with E-state index in [1.54, 1.807) is 30.3 Å². The quantitative estimate of drug-likeness (QED) is 0.305. The average Bonchev–Trinajstić information content (AvgIpc) is 2.74. The van der Waals surface area contributed by atoms with E-state index in [9.17, 15) is 24.3 Å². The zero-order chi connectivity index (χ0) is 22.1. The molecular formula is C19H21N3O7S. The average molecular weight is 435 g/mol. The van der Waals surface area contributed by atoms with Crippen LogP contribution in [0.5, 0.6) is 0 Å². The lowest BCUT2D eigenvalue weighted by Crippen LogP contribution is -2.81. The van der Waals surface area contributed by atoms with Crippen LogP contribution in [0.2, 0.25) is 0 Å². The Bertz CT molecular complexity index is 920. The van der Waals surface area contributed by atoms with Crippen molar-refractivity contribution in [3.8, 4) is 0 Å². The molecular weight excluding hydrogens is 414 g/mol. The van der Waals surface area contributed by atoms with E-state index < -0.39 is 40.9 Å². The summed E-state index contributed by atoms with van der Waals surface area (Å²) in [4.78, 5) is 49.6. The Morgan fingerprint density at radius 3 is 2.60 bits per heavy atom. The number of hydrogen-bond donors (Lipinski definition) is 3. The molecule has 1 fully saturated rings. The van der Waals surface area contributed by atoms with E-state index in [1.807, 2.05) is 0 Å². The Kier molecular flexibility index (Phi) is 6.15. The van der Waals surface area contributed by atoms with Gasteiger partial charge >= 0.3 is 11.9 Å². The van der Waals surface area contributed by atoms with Gasteiger partial charge in [-0.15, -0.1) is 11.8 Å². The molecule has 30 heavy (non-hydrogen) atoms. The number of nitrogens with two attached hydrogens (primary N) is 1. The molecule has 3 atom stereocenters. The van der Waals surface area contributed by atoms with Crippen molar-refractivity contribution in [1.82, 2.24) is 10.2 Å². The highest BCUT2D eigenvalue weighted by Gasteiger charge is 2.66. The lowest BCUT2D eigenvalue weighted by Gasteiger charge is -2.55. The fourth-order valence-corrected chi connectivity index (χ4v) is 4.74. The van der Waals surface area contributed by atoms with E-state index in [0.717, 1.165) is 4.90 Å². The fraction of sp³-hybridized carbons (Fsp3) is 0.368. The first-order valence-corrected chi connectivity index (χ1v) is 9.99. The van der Waals surface area contributed by atoms with Crippen molar-refractivity contribution in [1.29, 1.82) is 0 Å². The molecule has 0 saturated carbocycles. The summed E-state index contributed by atoms with van der Waals surface area (Å²) in [6, 6.07) is 7.57. The summed E-state index contributed by atoms with van der Waals surface area (Å²) in [5.41, 5.74) is 4.81. The van der Waals surface area contributed by atoms with Gasteiger partial charge in [0.25, 0.3) is 11.6 Å². The Morgan fingerprint density at radius 2 is 2.03 bits per heavy atom. The summed E-state index contributed by atoms with van der Waals surface area (Å²) in [6.07, 6.45) is 0. The van der Waals surface area contributed by atoms with Gasteiger partial charge in [-0.25, -0.2) is 4.79 Å². The number of carbonyl (C=O) groups is 4. The van der Waals surface area contributed by atoms with E-state index in [4.69, 9.17) is 15.2 Å². The molecule has 3 rings (SSSR count). The van der Waals surface area contributed by atoms with Crippen molar-refractivity contribution in [2.75, 3.05) is 19.5 Å². The summed E-state index contributed by atoms with van der Waals surface area (Å²) in [5.74, 6) is -3.11. The molecule has 1 aromatic rings. The first kappa shape index (κ1) is 21.8. The first-order chi connectivity index (χ1) is 14.2. The van der Waals surface area contributed by atoms with Crippen LogP contribution in [0.25, 0.3) is 0 Å². The molecule has 1 unspecified atom stereocenters. The van der Waals surface area contributed by atoms with Crippen LogP contribution in [0.4, 0.5) is 0 Å². The van der Waals surface area contributed by atoms with Gasteiger partial charge in [0, 0.05) is 25.4 Å². The van der Waals surface area contributed by atoms with Gasteiger partial charge in [0.15, 0.2) is 0 Å². The number of carboxylic acid groups (broad SMARTS) is 1. The predicted octanol–water partition coefficient (Wildman–Crippen LogP) is -0.0378. The maximum atomic E-state index is 13.0. The minimum absolute atomic E-state index is 0.176. The van der Waals surface area contributed by atoms with E-state index >= 15 is 0 Å². The molecule has 4 N–H and O–H groups in total. The van der Waals surface area contributed by atoms with Crippen molar-refractivity contribution < 1.29 is 33.8 Å². The Balaban J connectivity index is 1.84. The molecule has 2 amide bonds. The van der Waals surface area contributed by atoms with Crippen molar-refractivity contribution in [2.45, 2.75) is 24.1 Å². The number of β-lactam (4-membered cyclic amide) rings is 1. The number of thioether (sulfide) groups is 1. The molecule has 2 aliphatic heterocycles. The number of nitrogens with one attached hydrogen (secondary N) is 1. The van der Waals surface area contributed by atoms with Gasteiger partial charge in [-0.2, -0.15) is 0 Å². The number of carboxylic acids is 1. The van der Waals surface area contributed by atoms with Crippen molar-refractivity contribution in [3.05, 3.63) is 47.2 Å². The van der Waals surface area contributed by atoms with Crippen molar-refractivity contribution in [3.63, 3.8) is 0 Å². The summed E-state index contributed by atoms with van der Waals surface area (Å²) >= 11 is 1.19. The van der Waals surface area contributed by atoms with Gasteiger partial charge < -0.3 is 25.6 Å². The molecule has 0 aliphatic carbocycles. The number of hydrogen-bond acceptors (Lipinski definition) is 8. The van der Waals surface area contributed by atoms with Gasteiger partial charge in [0.05, 0.1) is 0 Å². The highest BCUT2D eigenvalue weighted by atomic mass is 32.2. The minimum atomic E-state index is -1.75. The monoisotopic (exact) mass is 435 g/mol. The number of rotatable bonds is 7. The third-order valence-corrected chi connectivity index (χ3v) is 6.21. The van der Waals surface area contributed by atoms with Crippen LogP contribution < -0.4 is 11.1 Å². The highest BCUT2D eigenvalue weighted by Crippen LogP contribution is 2.46. The van der Waals surface area contributed by atoms with Crippen LogP contribution >= 0.6 is 11.8 Å². The number of carbonyl (C=O) groups excluding carboxylic acids is 3. The van der Waals surface area contributed by atoms with Crippen LogP contribution in [0.1, 0.15) is 18.5 Å². The molecule has 160 valence electrons. The van der Waals surface area contributed by atoms with Crippen LogP contribution in [0.15, 0.2) is 41.6 Å². The molecule has 0 radical (unpaired) electrons. The van der Waals surface area contributed by atoms with Gasteiger partial charge in [-0.3, -0.25) is 19.3 Å². The van der Waals surface area contributed by atoms with Crippen LogP contribution in [0, 0.1) is 0 Å². The number of ether oxygens (including phenoxy) is 2. The summed E-state index contributed by atoms with van der Waals surface area (Å²) < 4.78 is 10.3. The number of fused-ring (bicyclic) bond motifs is 1. The fourth-order valence-electron chi connectivity index (χ4n) is 3.32. The Hall–Kier alpha value is -2.89. The van der Waals surface area contributed by atoms with Gasteiger partial charge in [0.2, 0.25) is 5.91 Å². The van der Waals surface area contributed by atoms with Crippen molar-refractivity contribution >= 4 is 35.5 Å². The number of benzene rings is 1. The van der Waals surface area contributed by atoms with Crippen molar-refractivity contribution in [2.24, 2.45) is 5.73 Å². The topological polar surface area (TPSA) is 148 Å². The second kappa shape index (κ2) is 8.46. The summed E-state index contributed by atoms with van der Waals surface area (Å²) in [7, 11) is 1.25. The number of amides is 2. The molecule has 2 heterocycles. The van der Waals surface area contributed by atoms with Crippen LogP contribution in [0.3, 0.4) is 0 Å². The zero-order valence-corrected chi connectivity index (χ0v) is 17.1. The number of nitrogens with zero attached hydrogens (tertiary/aromatic N) is 1. The lowest BCUT2D eigenvalue weighted by atomic mass is 9.97. The third kappa shape index (κ3) is 3.66. The van der Waals surface area contributed by atoms with E-state index in [2.05, 4.69) is 5.32 Å². The Morgan fingerprint density at radius 1 is 1.37 bits per heavy atom. The Labute approximate surface area is 176 Å². The lowest BCUT2D eigenvalue weighted by molar-refractivity contribution is -0.192. The molecule has 0 aromatic heterocycles. The standard InChI is InChI=1S/C19H21N3O7S/c1-10(23)29-8-12-9-30-18-19(28-2,17(27)22(18)14(12)16(25)26)21-15(24)13(20)11-6-4-3-5-7-11/h3-7,13,18H,8-9,20H2,1-2H3,(H,21,24)(H,25,26)/t13?,18-,19-/m0/s1. The van der Waals surface area contributed by atoms with Gasteiger partial charge in [-0.05, 0) is 5.56 Å². The normalized spacial score (nSPS) is 23.9. The zero-order valence-electron chi connectivity index (χ0n) is 16.3. The molecule has 0 spiro atoms.